The van der Waals surface area contributed by atoms with Gasteiger partial charge in [0.05, 0.1) is 5.75 Å². The Morgan fingerprint density at radius 2 is 1.83 bits per heavy atom. The van der Waals surface area contributed by atoms with Crippen molar-refractivity contribution in [3.05, 3.63) is 17.5 Å². The summed E-state index contributed by atoms with van der Waals surface area (Å²) in [6.07, 6.45) is 8.25. The van der Waals surface area contributed by atoms with E-state index >= 15 is 0 Å². The lowest BCUT2D eigenvalue weighted by Gasteiger charge is -2.48. The third-order valence-electron chi connectivity index (χ3n) is 7.21. The SMILES string of the molecule is O=C(NC1C[C@H]2CCC[C@@H](C1)N2S(=O)(=O)CC1CCNCC1)c1cc(C2CC2)on1. The van der Waals surface area contributed by atoms with Gasteiger partial charge in [-0.2, -0.15) is 4.31 Å². The average molecular weight is 437 g/mol. The minimum absolute atomic E-state index is 0.00569. The lowest BCUT2D eigenvalue weighted by atomic mass is 9.84. The summed E-state index contributed by atoms with van der Waals surface area (Å²) in [5.41, 5.74) is 0.336. The predicted molar refractivity (Wildman–Crippen MR) is 112 cm³/mol. The quantitative estimate of drug-likeness (QED) is 0.707. The van der Waals surface area contributed by atoms with Crippen LogP contribution in [0.25, 0.3) is 0 Å². The number of sulfonamides is 1. The first kappa shape index (κ1) is 20.5. The van der Waals surface area contributed by atoms with E-state index in [4.69, 9.17) is 4.52 Å². The smallest absolute Gasteiger partial charge is 0.273 e. The molecular weight excluding hydrogens is 404 g/mol. The number of aromatic nitrogens is 1. The first-order chi connectivity index (χ1) is 14.5. The molecule has 0 spiro atoms. The number of amides is 1. The van der Waals surface area contributed by atoms with Gasteiger partial charge < -0.3 is 15.2 Å². The van der Waals surface area contributed by atoms with Crippen molar-refractivity contribution in [3.63, 3.8) is 0 Å². The maximum atomic E-state index is 13.3. The van der Waals surface area contributed by atoms with Crippen LogP contribution in [-0.2, 0) is 10.0 Å². The van der Waals surface area contributed by atoms with Gasteiger partial charge in [0.1, 0.15) is 5.76 Å². The molecule has 4 fully saturated rings. The molecule has 1 saturated carbocycles. The Bertz CT molecular complexity index is 861. The minimum atomic E-state index is -3.28. The summed E-state index contributed by atoms with van der Waals surface area (Å²) in [5.74, 6) is 1.53. The van der Waals surface area contributed by atoms with Crippen LogP contribution in [0.3, 0.4) is 0 Å². The van der Waals surface area contributed by atoms with E-state index in [0.717, 1.165) is 63.8 Å². The number of hydrogen-bond acceptors (Lipinski definition) is 6. The van der Waals surface area contributed by atoms with Crippen LogP contribution in [-0.4, -0.2) is 60.8 Å². The molecule has 166 valence electrons. The van der Waals surface area contributed by atoms with Gasteiger partial charge in [0, 0.05) is 30.1 Å². The van der Waals surface area contributed by atoms with Crippen molar-refractivity contribution in [1.82, 2.24) is 20.1 Å². The van der Waals surface area contributed by atoms with Crippen molar-refractivity contribution >= 4 is 15.9 Å². The zero-order valence-corrected chi connectivity index (χ0v) is 18.2. The van der Waals surface area contributed by atoms with E-state index in [-0.39, 0.29) is 35.7 Å². The van der Waals surface area contributed by atoms with E-state index in [1.165, 1.54) is 0 Å². The standard InChI is InChI=1S/C21H32N4O4S/c26-21(19-12-20(29-24-19)15-4-5-15)23-16-10-17-2-1-3-18(11-16)25(17)30(27,28)13-14-6-8-22-9-7-14/h12,14-18,22H,1-11,13H2,(H,23,26)/t16?,17-,18+. The van der Waals surface area contributed by atoms with Crippen LogP contribution in [0.1, 0.15) is 80.0 Å². The largest absolute Gasteiger partial charge is 0.360 e. The predicted octanol–water partition coefficient (Wildman–Crippen LogP) is 2.00. The third kappa shape index (κ3) is 4.29. The van der Waals surface area contributed by atoms with Gasteiger partial charge in [-0.1, -0.05) is 11.6 Å². The Morgan fingerprint density at radius 3 is 2.50 bits per heavy atom. The highest BCUT2D eigenvalue weighted by Crippen LogP contribution is 2.40. The van der Waals surface area contributed by atoms with E-state index in [1.807, 2.05) is 4.31 Å². The van der Waals surface area contributed by atoms with Crippen molar-refractivity contribution in [2.45, 2.75) is 81.8 Å². The maximum Gasteiger partial charge on any atom is 0.273 e. The van der Waals surface area contributed by atoms with E-state index in [9.17, 15) is 13.2 Å². The van der Waals surface area contributed by atoms with Gasteiger partial charge in [0.15, 0.2) is 5.69 Å². The summed E-state index contributed by atoms with van der Waals surface area (Å²) in [5, 5.41) is 10.3. The highest BCUT2D eigenvalue weighted by molar-refractivity contribution is 7.89. The van der Waals surface area contributed by atoms with E-state index in [1.54, 1.807) is 6.07 Å². The lowest BCUT2D eigenvalue weighted by Crippen LogP contribution is -2.59. The summed E-state index contributed by atoms with van der Waals surface area (Å²) < 4.78 is 33.7. The number of hydrogen-bond donors (Lipinski definition) is 2. The third-order valence-corrected chi connectivity index (χ3v) is 9.34. The average Bonchev–Trinajstić information content (AvgIpc) is 3.44. The molecule has 30 heavy (non-hydrogen) atoms. The zero-order valence-electron chi connectivity index (χ0n) is 17.4. The number of piperidine rings is 3. The summed E-state index contributed by atoms with van der Waals surface area (Å²) in [7, 11) is -3.28. The molecule has 1 unspecified atom stereocenters. The van der Waals surface area contributed by atoms with Crippen molar-refractivity contribution in [2.75, 3.05) is 18.8 Å². The Kier molecular flexibility index (Phi) is 5.62. The first-order valence-corrected chi connectivity index (χ1v) is 13.1. The Balaban J connectivity index is 1.23. The molecular formula is C21H32N4O4S. The molecule has 3 atom stereocenters. The second kappa shape index (κ2) is 8.24. The van der Waals surface area contributed by atoms with Gasteiger partial charge in [-0.05, 0) is 70.4 Å². The Morgan fingerprint density at radius 1 is 1.13 bits per heavy atom. The fourth-order valence-electron chi connectivity index (χ4n) is 5.56. The molecule has 2 N–H and O–H groups in total. The van der Waals surface area contributed by atoms with Crippen molar-refractivity contribution in [3.8, 4) is 0 Å². The fourth-order valence-corrected chi connectivity index (χ4v) is 7.95. The number of carbonyl (C=O) groups is 1. The van der Waals surface area contributed by atoms with E-state index in [0.29, 0.717) is 24.5 Å². The number of nitrogens with zero attached hydrogens (tertiary/aromatic N) is 2. The molecule has 1 amide bonds. The molecule has 1 aromatic rings. The van der Waals surface area contributed by atoms with Gasteiger partial charge in [0.2, 0.25) is 10.0 Å². The van der Waals surface area contributed by atoms with E-state index in [2.05, 4.69) is 15.8 Å². The molecule has 9 heteroatoms. The molecule has 3 saturated heterocycles. The lowest BCUT2D eigenvalue weighted by molar-refractivity contribution is 0.0788. The van der Waals surface area contributed by atoms with E-state index < -0.39 is 10.0 Å². The first-order valence-electron chi connectivity index (χ1n) is 11.5. The molecule has 0 aromatic carbocycles. The Hall–Kier alpha value is -1.45. The van der Waals surface area contributed by atoms with Crippen LogP contribution < -0.4 is 10.6 Å². The molecule has 1 aliphatic carbocycles. The highest BCUT2D eigenvalue weighted by atomic mass is 32.2. The summed E-state index contributed by atoms with van der Waals surface area (Å²) >= 11 is 0. The minimum Gasteiger partial charge on any atom is -0.360 e. The summed E-state index contributed by atoms with van der Waals surface area (Å²) in [6, 6.07) is 1.73. The highest BCUT2D eigenvalue weighted by Gasteiger charge is 2.45. The topological polar surface area (TPSA) is 105 Å². The van der Waals surface area contributed by atoms with Crippen LogP contribution in [0.4, 0.5) is 0 Å². The van der Waals surface area contributed by atoms with Gasteiger partial charge in [-0.25, -0.2) is 8.42 Å². The molecule has 5 rings (SSSR count). The van der Waals surface area contributed by atoms with Gasteiger partial charge >= 0.3 is 0 Å². The number of nitrogens with one attached hydrogen (secondary N) is 2. The molecule has 1 aromatic heterocycles. The van der Waals surface area contributed by atoms with Crippen LogP contribution in [0, 0.1) is 5.92 Å². The maximum absolute atomic E-state index is 13.3. The Labute approximate surface area is 178 Å². The number of fused-ring (bicyclic) bond motifs is 2. The molecule has 4 heterocycles. The molecule has 8 nitrogen and oxygen atoms in total. The summed E-state index contributed by atoms with van der Waals surface area (Å²) in [4.78, 5) is 12.7. The van der Waals surface area contributed by atoms with Crippen molar-refractivity contribution < 1.29 is 17.7 Å². The number of rotatable bonds is 6. The number of carbonyl (C=O) groups excluding carboxylic acids is 1. The van der Waals surface area contributed by atoms with Gasteiger partial charge in [-0.15, -0.1) is 0 Å². The molecule has 0 radical (unpaired) electrons. The van der Waals surface area contributed by atoms with Crippen LogP contribution in [0.2, 0.25) is 0 Å². The second-order valence-corrected chi connectivity index (χ2v) is 11.5. The van der Waals surface area contributed by atoms with Gasteiger partial charge in [-0.3, -0.25) is 4.79 Å². The van der Waals surface area contributed by atoms with Crippen LogP contribution >= 0.6 is 0 Å². The van der Waals surface area contributed by atoms with Crippen molar-refractivity contribution in [2.24, 2.45) is 5.92 Å². The normalized spacial score (nSPS) is 30.9. The van der Waals surface area contributed by atoms with Gasteiger partial charge in [0.25, 0.3) is 5.91 Å². The zero-order chi connectivity index (χ0) is 20.7. The summed E-state index contributed by atoms with van der Waals surface area (Å²) in [6.45, 7) is 1.82. The second-order valence-electron chi connectivity index (χ2n) is 9.57. The van der Waals surface area contributed by atoms with Crippen LogP contribution in [0.15, 0.2) is 10.6 Å². The monoisotopic (exact) mass is 436 g/mol. The fraction of sp³-hybridized carbons (Fsp3) is 0.810. The molecule has 2 bridgehead atoms. The van der Waals surface area contributed by atoms with Crippen LogP contribution in [0.5, 0.6) is 0 Å². The molecule has 3 aliphatic heterocycles. The van der Waals surface area contributed by atoms with Crippen molar-refractivity contribution in [1.29, 1.82) is 0 Å². The molecule has 4 aliphatic rings.